The van der Waals surface area contributed by atoms with Crippen LogP contribution in [0.1, 0.15) is 31.2 Å². The Morgan fingerprint density at radius 2 is 1.95 bits per heavy atom. The van der Waals surface area contributed by atoms with Gasteiger partial charge in [0.05, 0.1) is 11.3 Å². The SMILES string of the molecule is N#Cc1ccc(Br)cc1N1CCC(N2CCCCC2)C1. The van der Waals surface area contributed by atoms with Gasteiger partial charge in [-0.2, -0.15) is 5.26 Å². The molecule has 1 unspecified atom stereocenters. The molecule has 20 heavy (non-hydrogen) atoms. The summed E-state index contributed by atoms with van der Waals surface area (Å²) in [6, 6.07) is 8.92. The van der Waals surface area contributed by atoms with E-state index in [4.69, 9.17) is 0 Å². The number of likely N-dealkylation sites (tertiary alicyclic amines) is 1. The molecule has 2 saturated heterocycles. The van der Waals surface area contributed by atoms with Gasteiger partial charge in [0.25, 0.3) is 0 Å². The molecule has 1 aromatic carbocycles. The van der Waals surface area contributed by atoms with E-state index in [0.29, 0.717) is 6.04 Å². The third-order valence-electron chi connectivity index (χ3n) is 4.49. The monoisotopic (exact) mass is 333 g/mol. The highest BCUT2D eigenvalue weighted by Crippen LogP contribution is 2.29. The second-order valence-electron chi connectivity index (χ2n) is 5.76. The van der Waals surface area contributed by atoms with Crippen molar-refractivity contribution in [3.05, 3.63) is 28.2 Å². The summed E-state index contributed by atoms with van der Waals surface area (Å²) in [6.45, 7) is 4.63. The molecule has 0 bridgehead atoms. The van der Waals surface area contributed by atoms with Gasteiger partial charge in [-0.1, -0.05) is 22.4 Å². The summed E-state index contributed by atoms with van der Waals surface area (Å²) in [5, 5.41) is 9.28. The van der Waals surface area contributed by atoms with Crippen LogP contribution < -0.4 is 4.90 Å². The van der Waals surface area contributed by atoms with E-state index in [1.807, 2.05) is 12.1 Å². The first kappa shape index (κ1) is 13.9. The lowest BCUT2D eigenvalue weighted by atomic mass is 10.1. The van der Waals surface area contributed by atoms with Gasteiger partial charge < -0.3 is 4.90 Å². The van der Waals surface area contributed by atoms with E-state index in [1.165, 1.54) is 38.8 Å². The van der Waals surface area contributed by atoms with Crippen LogP contribution in [0, 0.1) is 11.3 Å². The molecule has 0 N–H and O–H groups in total. The quantitative estimate of drug-likeness (QED) is 0.831. The maximum atomic E-state index is 9.28. The first-order chi connectivity index (χ1) is 9.78. The fourth-order valence-corrected chi connectivity index (χ4v) is 3.75. The molecule has 1 aromatic rings. The van der Waals surface area contributed by atoms with Crippen molar-refractivity contribution in [1.29, 1.82) is 5.26 Å². The van der Waals surface area contributed by atoms with Crippen LogP contribution in [0.5, 0.6) is 0 Å². The van der Waals surface area contributed by atoms with Gasteiger partial charge in [-0.15, -0.1) is 0 Å². The zero-order chi connectivity index (χ0) is 13.9. The number of rotatable bonds is 2. The van der Waals surface area contributed by atoms with E-state index in [-0.39, 0.29) is 0 Å². The molecule has 0 aromatic heterocycles. The van der Waals surface area contributed by atoms with Gasteiger partial charge >= 0.3 is 0 Å². The molecule has 0 aliphatic carbocycles. The summed E-state index contributed by atoms with van der Waals surface area (Å²) in [7, 11) is 0. The second-order valence-corrected chi connectivity index (χ2v) is 6.67. The molecule has 2 fully saturated rings. The van der Waals surface area contributed by atoms with Gasteiger partial charge in [0.1, 0.15) is 6.07 Å². The van der Waals surface area contributed by atoms with E-state index in [0.717, 1.165) is 28.8 Å². The van der Waals surface area contributed by atoms with Gasteiger partial charge in [-0.25, -0.2) is 0 Å². The number of hydrogen-bond donors (Lipinski definition) is 0. The Labute approximate surface area is 129 Å². The Morgan fingerprint density at radius 3 is 2.70 bits per heavy atom. The molecule has 2 aliphatic rings. The minimum Gasteiger partial charge on any atom is -0.369 e. The van der Waals surface area contributed by atoms with E-state index >= 15 is 0 Å². The topological polar surface area (TPSA) is 30.3 Å². The number of piperidine rings is 1. The molecular formula is C16H20BrN3. The minimum atomic E-state index is 0.667. The summed E-state index contributed by atoms with van der Waals surface area (Å²) in [5.74, 6) is 0. The van der Waals surface area contributed by atoms with Crippen molar-refractivity contribution in [3.8, 4) is 6.07 Å². The van der Waals surface area contributed by atoms with Gasteiger partial charge in [0.15, 0.2) is 0 Å². The largest absolute Gasteiger partial charge is 0.369 e. The number of benzene rings is 1. The lowest BCUT2D eigenvalue weighted by Crippen LogP contribution is -2.40. The number of nitriles is 1. The molecule has 3 rings (SSSR count). The molecule has 0 saturated carbocycles. The first-order valence-electron chi connectivity index (χ1n) is 7.46. The van der Waals surface area contributed by atoms with Crippen molar-refractivity contribution in [1.82, 2.24) is 4.90 Å². The fourth-order valence-electron chi connectivity index (χ4n) is 3.40. The van der Waals surface area contributed by atoms with Crippen molar-refractivity contribution in [3.63, 3.8) is 0 Å². The van der Waals surface area contributed by atoms with Gasteiger partial charge in [0, 0.05) is 23.6 Å². The molecule has 0 amide bonds. The number of anilines is 1. The molecular weight excluding hydrogens is 314 g/mol. The first-order valence-corrected chi connectivity index (χ1v) is 8.26. The molecule has 2 aliphatic heterocycles. The van der Waals surface area contributed by atoms with Crippen molar-refractivity contribution in [2.45, 2.75) is 31.7 Å². The van der Waals surface area contributed by atoms with Crippen molar-refractivity contribution in [2.75, 3.05) is 31.1 Å². The summed E-state index contributed by atoms with van der Waals surface area (Å²) in [6.07, 6.45) is 5.29. The van der Waals surface area contributed by atoms with E-state index in [1.54, 1.807) is 0 Å². The molecule has 1 atom stereocenters. The molecule has 106 valence electrons. The van der Waals surface area contributed by atoms with Crippen LogP contribution in [0.2, 0.25) is 0 Å². The van der Waals surface area contributed by atoms with E-state index in [9.17, 15) is 5.26 Å². The Kier molecular flexibility index (Phi) is 4.28. The molecule has 3 nitrogen and oxygen atoms in total. The summed E-state index contributed by atoms with van der Waals surface area (Å²) in [5.41, 5.74) is 1.87. The number of hydrogen-bond acceptors (Lipinski definition) is 3. The van der Waals surface area contributed by atoms with Gasteiger partial charge in [-0.3, -0.25) is 4.90 Å². The molecule has 4 heteroatoms. The fraction of sp³-hybridized carbons (Fsp3) is 0.562. The predicted octanol–water partition coefficient (Wildman–Crippen LogP) is 3.39. The predicted molar refractivity (Wildman–Crippen MR) is 84.9 cm³/mol. The van der Waals surface area contributed by atoms with Crippen LogP contribution in [0.15, 0.2) is 22.7 Å². The van der Waals surface area contributed by atoms with Crippen LogP contribution in [-0.4, -0.2) is 37.1 Å². The Bertz CT molecular complexity index is 517. The highest BCUT2D eigenvalue weighted by Gasteiger charge is 2.29. The Hall–Kier alpha value is -1.05. The zero-order valence-electron chi connectivity index (χ0n) is 11.7. The summed E-state index contributed by atoms with van der Waals surface area (Å²) >= 11 is 3.52. The third-order valence-corrected chi connectivity index (χ3v) is 4.98. The van der Waals surface area contributed by atoms with Crippen molar-refractivity contribution < 1.29 is 0 Å². The normalized spacial score (nSPS) is 23.8. The maximum Gasteiger partial charge on any atom is 0.101 e. The van der Waals surface area contributed by atoms with E-state index < -0.39 is 0 Å². The molecule has 0 radical (unpaired) electrons. The highest BCUT2D eigenvalue weighted by atomic mass is 79.9. The zero-order valence-corrected chi connectivity index (χ0v) is 13.3. The Morgan fingerprint density at radius 1 is 1.15 bits per heavy atom. The minimum absolute atomic E-state index is 0.667. The Balaban J connectivity index is 1.73. The van der Waals surface area contributed by atoms with Gasteiger partial charge in [-0.05, 0) is 50.6 Å². The van der Waals surface area contributed by atoms with Crippen molar-refractivity contribution >= 4 is 21.6 Å². The summed E-state index contributed by atoms with van der Waals surface area (Å²) < 4.78 is 1.05. The average molecular weight is 334 g/mol. The van der Waals surface area contributed by atoms with Crippen molar-refractivity contribution in [2.24, 2.45) is 0 Å². The van der Waals surface area contributed by atoms with Crippen LogP contribution in [0.25, 0.3) is 0 Å². The molecule has 2 heterocycles. The number of halogens is 1. The highest BCUT2D eigenvalue weighted by molar-refractivity contribution is 9.10. The average Bonchev–Trinajstić information content (AvgIpc) is 2.98. The second kappa shape index (κ2) is 6.15. The van der Waals surface area contributed by atoms with Crippen LogP contribution in [0.4, 0.5) is 5.69 Å². The van der Waals surface area contributed by atoms with Gasteiger partial charge in [0.2, 0.25) is 0 Å². The number of nitrogens with zero attached hydrogens (tertiary/aromatic N) is 3. The van der Waals surface area contributed by atoms with Crippen LogP contribution in [-0.2, 0) is 0 Å². The van der Waals surface area contributed by atoms with E-state index in [2.05, 4.69) is 37.9 Å². The van der Waals surface area contributed by atoms with Crippen LogP contribution in [0.3, 0.4) is 0 Å². The lowest BCUT2D eigenvalue weighted by molar-refractivity contribution is 0.175. The standard InChI is InChI=1S/C16H20BrN3/c17-14-5-4-13(11-18)16(10-14)20-9-6-15(12-20)19-7-2-1-3-8-19/h4-5,10,15H,1-3,6-9,12H2. The maximum absolute atomic E-state index is 9.28. The smallest absolute Gasteiger partial charge is 0.101 e. The third kappa shape index (κ3) is 2.84. The van der Waals surface area contributed by atoms with Crippen LogP contribution >= 0.6 is 15.9 Å². The summed E-state index contributed by atoms with van der Waals surface area (Å²) in [4.78, 5) is 5.02. The molecule has 0 spiro atoms. The lowest BCUT2D eigenvalue weighted by Gasteiger charge is -2.32.